The molecule has 0 bridgehead atoms. The van der Waals surface area contributed by atoms with Gasteiger partial charge in [0.1, 0.15) is 0 Å². The van der Waals surface area contributed by atoms with E-state index >= 15 is 0 Å². The number of rotatable bonds is 5. The number of piperazine rings is 1. The highest BCUT2D eigenvalue weighted by atomic mass is 127. The van der Waals surface area contributed by atoms with E-state index in [0.717, 1.165) is 82.2 Å². The molecule has 0 spiro atoms. The average Bonchev–Trinajstić information content (AvgIpc) is 2.70. The highest BCUT2D eigenvalue weighted by Gasteiger charge is 2.21. The predicted octanol–water partition coefficient (Wildman–Crippen LogP) is 2.62. The second kappa shape index (κ2) is 12.0. The molecular formula is C20H33ClIN5O. The Morgan fingerprint density at radius 3 is 2.46 bits per heavy atom. The number of guanidine groups is 1. The van der Waals surface area contributed by atoms with E-state index in [-0.39, 0.29) is 24.0 Å². The molecule has 2 saturated heterocycles. The van der Waals surface area contributed by atoms with Crippen molar-refractivity contribution in [3.63, 3.8) is 0 Å². The smallest absolute Gasteiger partial charge is 0.193 e. The van der Waals surface area contributed by atoms with E-state index in [2.05, 4.69) is 38.0 Å². The van der Waals surface area contributed by atoms with Crippen molar-refractivity contribution in [2.45, 2.75) is 6.92 Å². The highest BCUT2D eigenvalue weighted by Crippen LogP contribution is 2.26. The Kier molecular flexibility index (Phi) is 10.1. The Labute approximate surface area is 191 Å². The van der Waals surface area contributed by atoms with Crippen LogP contribution in [0.4, 0.5) is 5.69 Å². The standard InChI is InChI=1S/C20H32ClN5O.HI/c1-17(16-24-11-13-27-14-12-24)15-23-20(22-2)26-9-7-25(8-10-26)19-6-4-3-5-18(19)21;/h3-6,17H,7-16H2,1-2H3,(H,22,23);1H. The molecule has 1 unspecified atom stereocenters. The van der Waals surface area contributed by atoms with Gasteiger partial charge in [0, 0.05) is 59.4 Å². The van der Waals surface area contributed by atoms with Gasteiger partial charge < -0.3 is 19.9 Å². The van der Waals surface area contributed by atoms with E-state index in [9.17, 15) is 0 Å². The average molecular weight is 522 g/mol. The van der Waals surface area contributed by atoms with Gasteiger partial charge >= 0.3 is 0 Å². The fourth-order valence-corrected chi connectivity index (χ4v) is 4.01. The zero-order valence-corrected chi connectivity index (χ0v) is 20.0. The lowest BCUT2D eigenvalue weighted by atomic mass is 10.1. The highest BCUT2D eigenvalue weighted by molar-refractivity contribution is 14.0. The molecule has 0 saturated carbocycles. The number of nitrogens with zero attached hydrogens (tertiary/aromatic N) is 4. The number of hydrogen-bond acceptors (Lipinski definition) is 4. The number of aliphatic imine (C=N–C) groups is 1. The van der Waals surface area contributed by atoms with Gasteiger partial charge in [-0.25, -0.2) is 0 Å². The van der Waals surface area contributed by atoms with E-state index in [1.807, 2.05) is 25.2 Å². The summed E-state index contributed by atoms with van der Waals surface area (Å²) in [5.74, 6) is 1.58. The topological polar surface area (TPSA) is 43.3 Å². The third-order valence-corrected chi connectivity index (χ3v) is 5.59. The monoisotopic (exact) mass is 521 g/mol. The van der Waals surface area contributed by atoms with Crippen LogP contribution in [0.15, 0.2) is 29.3 Å². The number of nitrogens with one attached hydrogen (secondary N) is 1. The maximum absolute atomic E-state index is 6.35. The van der Waals surface area contributed by atoms with Crippen LogP contribution in [0.3, 0.4) is 0 Å². The molecule has 0 radical (unpaired) electrons. The van der Waals surface area contributed by atoms with Gasteiger partial charge in [-0.1, -0.05) is 30.7 Å². The molecule has 2 aliphatic heterocycles. The summed E-state index contributed by atoms with van der Waals surface area (Å²) in [7, 11) is 1.87. The molecule has 28 heavy (non-hydrogen) atoms. The molecule has 1 aromatic rings. The molecule has 0 amide bonds. The number of anilines is 1. The van der Waals surface area contributed by atoms with Crippen molar-refractivity contribution in [2.75, 3.05) is 77.5 Å². The maximum Gasteiger partial charge on any atom is 0.193 e. The van der Waals surface area contributed by atoms with Gasteiger partial charge in [0.25, 0.3) is 0 Å². The predicted molar refractivity (Wildman–Crippen MR) is 128 cm³/mol. The molecule has 6 nitrogen and oxygen atoms in total. The van der Waals surface area contributed by atoms with Crippen LogP contribution in [0.5, 0.6) is 0 Å². The van der Waals surface area contributed by atoms with Crippen molar-refractivity contribution >= 4 is 47.2 Å². The fourth-order valence-electron chi connectivity index (χ4n) is 3.75. The third-order valence-electron chi connectivity index (χ3n) is 5.27. The number of ether oxygens (including phenoxy) is 1. The first kappa shape index (κ1) is 23.5. The molecule has 1 N–H and O–H groups in total. The van der Waals surface area contributed by atoms with Crippen LogP contribution in [0, 0.1) is 5.92 Å². The fraction of sp³-hybridized carbons (Fsp3) is 0.650. The second-order valence-electron chi connectivity index (χ2n) is 7.37. The molecule has 2 aliphatic rings. The van der Waals surface area contributed by atoms with E-state index in [1.165, 1.54) is 0 Å². The molecule has 0 aliphatic carbocycles. The molecule has 3 rings (SSSR count). The lowest BCUT2D eigenvalue weighted by Crippen LogP contribution is -2.53. The SMILES string of the molecule is CN=C(NCC(C)CN1CCOCC1)N1CCN(c2ccccc2Cl)CC1.I. The molecule has 1 atom stereocenters. The quantitative estimate of drug-likeness (QED) is 0.367. The van der Waals surface area contributed by atoms with Gasteiger partial charge in [0.05, 0.1) is 23.9 Å². The van der Waals surface area contributed by atoms with Crippen LogP contribution in [0.2, 0.25) is 5.02 Å². The molecule has 0 aromatic heterocycles. The molecular weight excluding hydrogens is 489 g/mol. The first-order valence-corrected chi connectivity index (χ1v) is 10.3. The van der Waals surface area contributed by atoms with E-state index in [1.54, 1.807) is 0 Å². The maximum atomic E-state index is 6.35. The zero-order valence-electron chi connectivity index (χ0n) is 16.9. The van der Waals surface area contributed by atoms with E-state index in [4.69, 9.17) is 16.3 Å². The number of halogens is 2. The zero-order chi connectivity index (χ0) is 19.1. The van der Waals surface area contributed by atoms with Crippen LogP contribution in [-0.2, 0) is 4.74 Å². The van der Waals surface area contributed by atoms with Crippen molar-refractivity contribution in [3.8, 4) is 0 Å². The molecule has 2 fully saturated rings. The summed E-state index contributed by atoms with van der Waals surface area (Å²) in [6.45, 7) is 11.9. The minimum absolute atomic E-state index is 0. The van der Waals surface area contributed by atoms with E-state index in [0.29, 0.717) is 5.92 Å². The molecule has 2 heterocycles. The minimum Gasteiger partial charge on any atom is -0.379 e. The first-order chi connectivity index (χ1) is 13.2. The lowest BCUT2D eigenvalue weighted by Gasteiger charge is -2.38. The van der Waals surface area contributed by atoms with E-state index < -0.39 is 0 Å². The molecule has 158 valence electrons. The number of para-hydroxylation sites is 1. The largest absolute Gasteiger partial charge is 0.379 e. The van der Waals surface area contributed by atoms with Crippen molar-refractivity contribution in [1.29, 1.82) is 0 Å². The summed E-state index contributed by atoms with van der Waals surface area (Å²) in [6, 6.07) is 8.08. The van der Waals surface area contributed by atoms with Gasteiger partial charge in [-0.3, -0.25) is 9.89 Å². The lowest BCUT2D eigenvalue weighted by molar-refractivity contribution is 0.0320. The van der Waals surface area contributed by atoms with Crippen molar-refractivity contribution < 1.29 is 4.74 Å². The van der Waals surface area contributed by atoms with Gasteiger partial charge in [-0.15, -0.1) is 24.0 Å². The summed E-state index contributed by atoms with van der Waals surface area (Å²) in [4.78, 5) is 11.7. The summed E-state index contributed by atoms with van der Waals surface area (Å²) >= 11 is 6.35. The Bertz CT molecular complexity index is 618. The Balaban J connectivity index is 0.00000280. The van der Waals surface area contributed by atoms with Crippen LogP contribution in [0.25, 0.3) is 0 Å². The van der Waals surface area contributed by atoms with Gasteiger partial charge in [0.15, 0.2) is 5.96 Å². The summed E-state index contributed by atoms with van der Waals surface area (Å²) in [5.41, 5.74) is 1.13. The summed E-state index contributed by atoms with van der Waals surface area (Å²) in [5, 5.41) is 4.39. The van der Waals surface area contributed by atoms with Gasteiger partial charge in [-0.05, 0) is 18.1 Å². The van der Waals surface area contributed by atoms with Crippen LogP contribution in [0.1, 0.15) is 6.92 Å². The summed E-state index contributed by atoms with van der Waals surface area (Å²) < 4.78 is 5.43. The van der Waals surface area contributed by atoms with Gasteiger partial charge in [0.2, 0.25) is 0 Å². The molecule has 1 aromatic carbocycles. The van der Waals surface area contributed by atoms with Crippen molar-refractivity contribution in [3.05, 3.63) is 29.3 Å². The first-order valence-electron chi connectivity index (χ1n) is 9.92. The Morgan fingerprint density at radius 2 is 1.82 bits per heavy atom. The van der Waals surface area contributed by atoms with Crippen molar-refractivity contribution in [1.82, 2.24) is 15.1 Å². The third kappa shape index (κ3) is 6.64. The number of morpholine rings is 1. The normalized spacial score (nSPS) is 19.9. The van der Waals surface area contributed by atoms with Crippen LogP contribution < -0.4 is 10.2 Å². The Hall–Kier alpha value is -0.770. The number of benzene rings is 1. The summed E-state index contributed by atoms with van der Waals surface area (Å²) in [6.07, 6.45) is 0. The van der Waals surface area contributed by atoms with Crippen LogP contribution >= 0.6 is 35.6 Å². The minimum atomic E-state index is 0. The Morgan fingerprint density at radius 1 is 1.14 bits per heavy atom. The van der Waals surface area contributed by atoms with Crippen molar-refractivity contribution in [2.24, 2.45) is 10.9 Å². The number of hydrogen-bond donors (Lipinski definition) is 1. The molecule has 8 heteroatoms. The van der Waals surface area contributed by atoms with Gasteiger partial charge in [-0.2, -0.15) is 0 Å². The van der Waals surface area contributed by atoms with Crippen LogP contribution in [-0.4, -0.2) is 88.4 Å². The second-order valence-corrected chi connectivity index (χ2v) is 7.78.